The molecule has 18 rings (SSSR count). The molecule has 17 heteroatoms. The highest BCUT2D eigenvalue weighted by molar-refractivity contribution is 9.09. The van der Waals surface area contributed by atoms with Crippen LogP contribution < -0.4 is 0 Å². The van der Waals surface area contributed by atoms with E-state index in [1.165, 1.54) is 116 Å². The molecule has 16 nitrogen and oxygen atoms in total. The second-order valence-electron chi connectivity index (χ2n) is 36.1. The number of aromatic amines is 1. The molecule has 0 aromatic carbocycles. The van der Waals surface area contributed by atoms with Crippen LogP contribution in [0.4, 0.5) is 0 Å². The standard InChI is InChI=1S/C26H38N2O2.C24H36N4O2.C22H33BrO2.C2H4N4.CH4/c1-15-12-27-14-28(15)13-22(29)24-21-10-20(21)23-19-5-4-16-11-25(2,30)8-6-17(16)18(19)7-9-26(23,24)3;1-13-25-26-27-28(13)12-20(29)22-19-10-18(19)21-17-5-4-14-11-23(2,30)8-6-15(14)16(17)7-9-24(21,22)3;1-21(25)7-5-13-12(10-21)3-4-15-14(13)6-8-22(2)19(15)16-9-17(16)20(22)18(24)11-23;1-2-3-5-6-4-2;/h12,14,16-21,23-24,30H,4-11,13H2,1-3H3;14-19,21-22,30H,4-12H2,1-3H3;12-17,19-20,25H,3-11H2,1-2H3;1H3,(H,3,4,5,6);1H4/t16-,17+,18-,19-,20-,21+,23-,24-,25-,26+;14-,15+,16-,17-,18-,19+,21-,22-,23-,24+;12-,13+,14-,15-,16-,17+,19-,20-,21-,22+;;/m111../s1. The van der Waals surface area contributed by atoms with Crippen LogP contribution in [0.25, 0.3) is 0 Å². The summed E-state index contributed by atoms with van der Waals surface area (Å²) in [5.41, 5.74) is 0.457. The van der Waals surface area contributed by atoms with Gasteiger partial charge in [0, 0.05) is 29.6 Å². The highest BCUT2D eigenvalue weighted by Crippen LogP contribution is 2.78. The fourth-order valence-corrected chi connectivity index (χ4v) is 28.1. The molecular weight excluding hydrogens is 1220 g/mol. The third-order valence-corrected chi connectivity index (χ3v) is 31.5. The van der Waals surface area contributed by atoms with Gasteiger partial charge in [-0.05, 0) is 347 Å². The molecule has 15 fully saturated rings. The van der Waals surface area contributed by atoms with E-state index in [4.69, 9.17) is 0 Å². The summed E-state index contributed by atoms with van der Waals surface area (Å²) in [6.45, 7) is 20.1. The van der Waals surface area contributed by atoms with Crippen molar-refractivity contribution in [1.29, 1.82) is 0 Å². The Labute approximate surface area is 557 Å². The first kappa shape index (κ1) is 66.0. The highest BCUT2D eigenvalue weighted by Gasteiger charge is 2.74. The zero-order valence-electron chi connectivity index (χ0n) is 56.6. The van der Waals surface area contributed by atoms with Crippen molar-refractivity contribution in [2.24, 2.45) is 158 Å². The highest BCUT2D eigenvalue weighted by atomic mass is 79.9. The molecule has 0 aliphatic heterocycles. The summed E-state index contributed by atoms with van der Waals surface area (Å²) in [5, 5.41) is 56.8. The van der Waals surface area contributed by atoms with Crippen LogP contribution in [0, 0.1) is 179 Å². The van der Waals surface area contributed by atoms with Gasteiger partial charge in [0.1, 0.15) is 18.2 Å². The molecule has 0 amide bonds. The summed E-state index contributed by atoms with van der Waals surface area (Å²) in [6.07, 6.45) is 32.8. The zero-order valence-corrected chi connectivity index (χ0v) is 58.2. The van der Waals surface area contributed by atoms with Crippen LogP contribution >= 0.6 is 15.9 Å². The van der Waals surface area contributed by atoms with Gasteiger partial charge in [0.25, 0.3) is 0 Å². The Hall–Kier alpha value is -3.28. The lowest BCUT2D eigenvalue weighted by Gasteiger charge is -2.57. The van der Waals surface area contributed by atoms with Crippen LogP contribution in [-0.2, 0) is 27.5 Å². The molecule has 15 saturated carbocycles. The molecule has 0 radical (unpaired) electrons. The summed E-state index contributed by atoms with van der Waals surface area (Å²) in [4.78, 5) is 43.9. The minimum absolute atomic E-state index is 0. The van der Waals surface area contributed by atoms with Crippen molar-refractivity contribution < 1.29 is 29.7 Å². The molecule has 3 aromatic rings. The number of hydrogen-bond donors (Lipinski definition) is 4. The first-order chi connectivity index (χ1) is 43.3. The van der Waals surface area contributed by atoms with E-state index in [-0.39, 0.29) is 35.5 Å². The minimum atomic E-state index is -0.446. The number of hydrogen-bond acceptors (Lipinski definition) is 13. The van der Waals surface area contributed by atoms with Crippen LogP contribution in [0.15, 0.2) is 12.5 Å². The van der Waals surface area contributed by atoms with E-state index < -0.39 is 16.8 Å². The van der Waals surface area contributed by atoms with Crippen LogP contribution in [0.3, 0.4) is 0 Å². The lowest BCUT2D eigenvalue weighted by molar-refractivity contribution is -0.137. The lowest BCUT2D eigenvalue weighted by Crippen LogP contribution is -2.52. The minimum Gasteiger partial charge on any atom is -0.390 e. The zero-order chi connectivity index (χ0) is 63.6. The van der Waals surface area contributed by atoms with Crippen molar-refractivity contribution in [1.82, 2.24) is 50.4 Å². The van der Waals surface area contributed by atoms with Crippen molar-refractivity contribution in [3.63, 3.8) is 0 Å². The number of nitrogens with zero attached hydrogens (tertiary/aromatic N) is 9. The number of nitrogens with one attached hydrogen (secondary N) is 1. The summed E-state index contributed by atoms with van der Waals surface area (Å²) in [6, 6.07) is 0. The molecule has 30 atom stereocenters. The number of aromatic nitrogens is 10. The van der Waals surface area contributed by atoms with Gasteiger partial charge >= 0.3 is 0 Å². The molecule has 508 valence electrons. The maximum absolute atomic E-state index is 13.5. The van der Waals surface area contributed by atoms with Gasteiger partial charge in [-0.2, -0.15) is 5.21 Å². The fraction of sp³-hybridized carbons (Fsp3) is 0.893. The third kappa shape index (κ3) is 11.3. The van der Waals surface area contributed by atoms with Crippen molar-refractivity contribution in [2.45, 2.75) is 254 Å². The van der Waals surface area contributed by atoms with Gasteiger partial charge in [-0.25, -0.2) is 9.67 Å². The third-order valence-electron chi connectivity index (χ3n) is 31.0. The first-order valence-electron chi connectivity index (χ1n) is 37.0. The maximum Gasteiger partial charge on any atom is 0.171 e. The molecule has 0 bridgehead atoms. The molecule has 15 aliphatic carbocycles. The van der Waals surface area contributed by atoms with Crippen LogP contribution in [0.5, 0.6) is 0 Å². The van der Waals surface area contributed by atoms with E-state index in [0.717, 1.165) is 157 Å². The van der Waals surface area contributed by atoms with Gasteiger partial charge in [-0.1, -0.05) is 49.3 Å². The number of tetrazole rings is 2. The molecule has 0 unspecified atom stereocenters. The Morgan fingerprint density at radius 3 is 1.25 bits per heavy atom. The number of imidazole rings is 1. The quantitative estimate of drug-likeness (QED) is 0.154. The summed E-state index contributed by atoms with van der Waals surface area (Å²) >= 11 is 3.46. The average Bonchev–Trinajstić information content (AvgIpc) is 1.53. The normalized spacial score (nSPS) is 50.3. The van der Waals surface area contributed by atoms with Gasteiger partial charge in [-0.3, -0.25) is 14.4 Å². The number of aliphatic hydroxyl groups is 3. The SMILES string of the molecule is C.C[C@@]1(O)CC[C@H]2[C@H](CC[C@@H]3[C@@H]2CC[C@@]2(C)[C@H]3[C@@H]3C[C@@H]3[C@@H]2C(=O)CBr)C1.Cc1cncn1CC(=O)[C@H]1[C@H]2C[C@H]2[C@H]2[C@@H]3CC[C@@H]4C[C@](C)(O)CC[C@@H]4[C@H]3CC[C@@]21C.Cc1nn[nH]n1.Cc1nnnn1CC(=O)[C@H]1[C@H]2C[C@H]2[C@H]2[C@@H]3CC[C@@H]4C[C@](C)(O)CC[C@@H]4[C@H]3CC[C@@]21C. The molecule has 4 N–H and O–H groups in total. The van der Waals surface area contributed by atoms with E-state index in [1.807, 2.05) is 37.9 Å². The maximum atomic E-state index is 13.5. The second kappa shape index (κ2) is 24.0. The van der Waals surface area contributed by atoms with Gasteiger partial charge in [0.2, 0.25) is 0 Å². The molecule has 15 aliphatic rings. The Kier molecular flexibility index (Phi) is 17.2. The monoisotopic (exact) mass is 1330 g/mol. The number of aryl methyl sites for hydroxylation is 3. The van der Waals surface area contributed by atoms with Crippen LogP contribution in [0.1, 0.15) is 220 Å². The van der Waals surface area contributed by atoms with Crippen LogP contribution in [-0.4, -0.2) is 105 Å². The van der Waals surface area contributed by atoms with Crippen molar-refractivity contribution >= 4 is 33.3 Å². The Morgan fingerprint density at radius 2 is 0.913 bits per heavy atom. The second-order valence-corrected chi connectivity index (χ2v) is 36.6. The predicted octanol–water partition coefficient (Wildman–Crippen LogP) is 13.0. The number of Topliss-reactive ketones (excluding diaryl/α,β-unsaturated/α-hetero) is 3. The Bertz CT molecular complexity index is 3060. The molecule has 0 spiro atoms. The van der Waals surface area contributed by atoms with E-state index in [0.29, 0.717) is 65.3 Å². The van der Waals surface area contributed by atoms with Gasteiger partial charge in [-0.15, -0.1) is 15.3 Å². The number of carbonyl (C=O) groups excluding carboxylic acids is 3. The largest absolute Gasteiger partial charge is 0.390 e. The van der Waals surface area contributed by atoms with Crippen molar-refractivity contribution in [2.75, 3.05) is 5.33 Å². The van der Waals surface area contributed by atoms with E-state index in [9.17, 15) is 29.7 Å². The predicted molar refractivity (Wildman–Crippen MR) is 355 cm³/mol. The number of alkyl halides is 1. The molecule has 3 heterocycles. The number of ketones is 3. The Morgan fingerprint density at radius 1 is 0.511 bits per heavy atom. The number of H-pyrrole nitrogens is 1. The Balaban J connectivity index is 0.000000114. The molecule has 92 heavy (non-hydrogen) atoms. The van der Waals surface area contributed by atoms with Gasteiger partial charge < -0.3 is 19.9 Å². The van der Waals surface area contributed by atoms with E-state index in [1.54, 1.807) is 11.6 Å². The van der Waals surface area contributed by atoms with Crippen LogP contribution in [0.2, 0.25) is 0 Å². The molecule has 3 aromatic heterocycles. The van der Waals surface area contributed by atoms with Gasteiger partial charge in [0.05, 0.1) is 35.0 Å². The first-order valence-corrected chi connectivity index (χ1v) is 38.1. The number of rotatable bonds is 8. The van der Waals surface area contributed by atoms with E-state index in [2.05, 4.69) is 91.7 Å². The summed E-state index contributed by atoms with van der Waals surface area (Å²) in [7, 11) is 0. The fourth-order valence-electron chi connectivity index (χ4n) is 27.7. The van der Waals surface area contributed by atoms with Gasteiger partial charge in [0.15, 0.2) is 17.4 Å². The average molecular weight is 1330 g/mol. The molecule has 0 saturated heterocycles. The molecular formula is C75H115BrN10O6. The number of fused-ring (bicyclic) bond motifs is 21. The topological polar surface area (TPSA) is 228 Å². The van der Waals surface area contributed by atoms with Crippen molar-refractivity contribution in [3.8, 4) is 0 Å². The van der Waals surface area contributed by atoms with E-state index >= 15 is 0 Å². The lowest BCUT2D eigenvalue weighted by atomic mass is 9.48. The smallest absolute Gasteiger partial charge is 0.171 e. The number of carbonyl (C=O) groups is 3. The number of halogens is 1. The van der Waals surface area contributed by atoms with Crippen molar-refractivity contribution in [3.05, 3.63) is 29.9 Å². The summed E-state index contributed by atoms with van der Waals surface area (Å²) in [5.74, 6) is 20.0. The summed E-state index contributed by atoms with van der Waals surface area (Å²) < 4.78 is 3.72.